The zero-order chi connectivity index (χ0) is 21.5. The highest BCUT2D eigenvalue weighted by Gasteiger charge is 2.26. The predicted octanol–water partition coefficient (Wildman–Crippen LogP) is 4.31. The molecule has 2 N–H and O–H groups in total. The highest BCUT2D eigenvalue weighted by atomic mass is 127. The number of rotatable bonds is 9. The summed E-state index contributed by atoms with van der Waals surface area (Å²) in [6.07, 6.45) is 1.24. The van der Waals surface area contributed by atoms with E-state index in [1.165, 1.54) is 0 Å². The summed E-state index contributed by atoms with van der Waals surface area (Å²) in [5, 5.41) is 12.0. The monoisotopic (exact) mass is 507 g/mol. The van der Waals surface area contributed by atoms with Gasteiger partial charge in [-0.05, 0) is 67.8 Å². The second-order valence-corrected chi connectivity index (χ2v) is 8.55. The molecular weight excluding hydrogens is 477 g/mol. The van der Waals surface area contributed by atoms with Crippen molar-refractivity contribution in [2.75, 3.05) is 13.7 Å². The number of methoxy groups -OCH3 is 1. The highest BCUT2D eigenvalue weighted by molar-refractivity contribution is 14.1. The molecule has 0 heterocycles. The summed E-state index contributed by atoms with van der Waals surface area (Å²) in [5.74, 6) is 0.104. The van der Waals surface area contributed by atoms with Crippen molar-refractivity contribution in [1.82, 2.24) is 5.32 Å². The van der Waals surface area contributed by atoms with Crippen molar-refractivity contribution in [3.8, 4) is 11.5 Å². The number of carbonyl (C=O) groups is 2. The van der Waals surface area contributed by atoms with E-state index in [9.17, 15) is 14.7 Å². The molecule has 1 rings (SSSR count). The number of hydrogen-bond acceptors (Lipinski definition) is 5. The largest absolute Gasteiger partial charge is 0.493 e. The van der Waals surface area contributed by atoms with Crippen LogP contribution in [0, 0.1) is 10.5 Å². The van der Waals surface area contributed by atoms with E-state index in [0.717, 1.165) is 27.5 Å². The molecule has 1 unspecified atom stereocenters. The number of alkyl carbamates (subject to hydrolysis) is 1. The van der Waals surface area contributed by atoms with Gasteiger partial charge in [-0.2, -0.15) is 0 Å². The molecule has 1 aromatic rings. The molecule has 1 amide bonds. The molecule has 0 saturated carbocycles. The second kappa shape index (κ2) is 10.7. The van der Waals surface area contributed by atoms with E-state index in [1.807, 2.05) is 13.0 Å². The van der Waals surface area contributed by atoms with E-state index < -0.39 is 23.7 Å². The maximum atomic E-state index is 12.0. The van der Waals surface area contributed by atoms with Gasteiger partial charge in [-0.3, -0.25) is 0 Å². The summed E-state index contributed by atoms with van der Waals surface area (Å²) in [4.78, 5) is 23.7. The van der Waals surface area contributed by atoms with Crippen LogP contribution in [-0.2, 0) is 16.0 Å². The van der Waals surface area contributed by atoms with Gasteiger partial charge in [0, 0.05) is 6.42 Å². The summed E-state index contributed by atoms with van der Waals surface area (Å²) >= 11 is 2.13. The van der Waals surface area contributed by atoms with Crippen LogP contribution >= 0.6 is 22.6 Å². The zero-order valence-electron chi connectivity index (χ0n) is 17.3. The van der Waals surface area contributed by atoms with E-state index in [2.05, 4.69) is 34.8 Å². The molecule has 0 saturated heterocycles. The summed E-state index contributed by atoms with van der Waals surface area (Å²) in [6, 6.07) is 0.736. The summed E-state index contributed by atoms with van der Waals surface area (Å²) in [7, 11) is 1.58. The molecule has 0 radical (unpaired) electrons. The molecular formula is C20H30INO6. The van der Waals surface area contributed by atoms with Crippen molar-refractivity contribution in [1.29, 1.82) is 0 Å². The number of unbranched alkanes of at least 4 members (excludes halogenated alkanes) is 1. The van der Waals surface area contributed by atoms with E-state index in [-0.39, 0.29) is 6.42 Å². The third kappa shape index (κ3) is 7.37. The number of halogens is 1. The fraction of sp³-hybridized carbons (Fsp3) is 0.600. The smallest absolute Gasteiger partial charge is 0.408 e. The third-order valence-corrected chi connectivity index (χ3v) is 4.98. The minimum Gasteiger partial charge on any atom is -0.493 e. The lowest BCUT2D eigenvalue weighted by Gasteiger charge is -2.23. The number of carboxylic acid groups (broad SMARTS) is 1. The minimum absolute atomic E-state index is 0.0990. The number of aliphatic carboxylic acids is 1. The van der Waals surface area contributed by atoms with Crippen molar-refractivity contribution < 1.29 is 28.9 Å². The zero-order valence-corrected chi connectivity index (χ0v) is 19.5. The number of carbonyl (C=O) groups excluding carboxylic acids is 1. The minimum atomic E-state index is -1.14. The number of hydrogen-bond donors (Lipinski definition) is 2. The number of amides is 1. The van der Waals surface area contributed by atoms with Crippen LogP contribution in [0.1, 0.15) is 51.7 Å². The lowest BCUT2D eigenvalue weighted by Crippen LogP contribution is -2.44. The number of nitrogens with one attached hydrogen (secondary N) is 1. The molecule has 8 heteroatoms. The lowest BCUT2D eigenvalue weighted by molar-refractivity contribution is -0.139. The summed E-state index contributed by atoms with van der Waals surface area (Å²) in [6.45, 7) is 9.66. The maximum Gasteiger partial charge on any atom is 0.408 e. The summed E-state index contributed by atoms with van der Waals surface area (Å²) < 4.78 is 17.3. The topological polar surface area (TPSA) is 94.1 Å². The summed E-state index contributed by atoms with van der Waals surface area (Å²) in [5.41, 5.74) is 0.887. The Hall–Kier alpha value is -1.71. The number of ether oxygens (including phenoxy) is 3. The van der Waals surface area contributed by atoms with Gasteiger partial charge in [0.05, 0.1) is 17.3 Å². The molecule has 158 valence electrons. The van der Waals surface area contributed by atoms with Gasteiger partial charge in [0.15, 0.2) is 11.5 Å². The molecule has 0 spiro atoms. The Bertz CT molecular complexity index is 699. The van der Waals surface area contributed by atoms with Gasteiger partial charge >= 0.3 is 12.1 Å². The Labute approximate surface area is 180 Å². The number of benzene rings is 1. The van der Waals surface area contributed by atoms with Crippen molar-refractivity contribution in [3.05, 3.63) is 20.8 Å². The van der Waals surface area contributed by atoms with Crippen molar-refractivity contribution >= 4 is 34.7 Å². The molecule has 0 aliphatic rings. The third-order valence-electron chi connectivity index (χ3n) is 3.80. The molecule has 1 atom stereocenters. The van der Waals surface area contributed by atoms with Gasteiger partial charge in [-0.25, -0.2) is 9.59 Å². The van der Waals surface area contributed by atoms with Gasteiger partial charge in [0.1, 0.15) is 11.6 Å². The predicted molar refractivity (Wildman–Crippen MR) is 115 cm³/mol. The first-order valence-corrected chi connectivity index (χ1v) is 10.3. The Kier molecular flexibility index (Phi) is 9.32. The standard InChI is InChI=1S/C20H30INO6/c1-7-8-9-27-17-15(21)13(10-12(2)16(17)26-6)11-14(18(23)24)22-19(25)28-20(3,4)5/h10,14H,7-9,11H2,1-6H3,(H,22,25)(H,23,24). The van der Waals surface area contributed by atoms with Gasteiger partial charge in [0.25, 0.3) is 0 Å². The van der Waals surface area contributed by atoms with Crippen LogP contribution in [0.3, 0.4) is 0 Å². The first-order valence-electron chi connectivity index (χ1n) is 9.21. The SMILES string of the molecule is CCCCOc1c(I)c(CC(NC(=O)OC(C)(C)C)C(=O)O)cc(C)c1OC. The molecule has 0 aliphatic carbocycles. The van der Waals surface area contributed by atoms with Crippen LogP contribution in [0.5, 0.6) is 11.5 Å². The Morgan fingerprint density at radius 2 is 1.93 bits per heavy atom. The average Bonchev–Trinajstić information content (AvgIpc) is 2.56. The second-order valence-electron chi connectivity index (χ2n) is 7.47. The molecule has 0 aliphatic heterocycles. The van der Waals surface area contributed by atoms with E-state index >= 15 is 0 Å². The van der Waals surface area contributed by atoms with Crippen molar-refractivity contribution in [2.45, 2.75) is 65.5 Å². The number of carboxylic acids is 1. The van der Waals surface area contributed by atoms with Gasteiger partial charge in [0.2, 0.25) is 0 Å². The van der Waals surface area contributed by atoms with Crippen molar-refractivity contribution in [2.24, 2.45) is 0 Å². The van der Waals surface area contributed by atoms with Crippen LogP contribution < -0.4 is 14.8 Å². The fourth-order valence-electron chi connectivity index (χ4n) is 2.53. The number of aryl methyl sites for hydroxylation is 1. The molecule has 0 aromatic heterocycles. The van der Waals surface area contributed by atoms with Crippen LogP contribution in [-0.4, -0.2) is 42.5 Å². The van der Waals surface area contributed by atoms with Crippen LogP contribution in [0.25, 0.3) is 0 Å². The molecule has 7 nitrogen and oxygen atoms in total. The first kappa shape index (κ1) is 24.3. The quantitative estimate of drug-likeness (QED) is 0.382. The van der Waals surface area contributed by atoms with Gasteiger partial charge in [-0.1, -0.05) is 19.4 Å². The Balaban J connectivity index is 3.12. The Morgan fingerprint density at radius 1 is 1.29 bits per heavy atom. The highest BCUT2D eigenvalue weighted by Crippen LogP contribution is 2.38. The lowest BCUT2D eigenvalue weighted by atomic mass is 10.0. The fourth-order valence-corrected chi connectivity index (χ4v) is 3.31. The average molecular weight is 507 g/mol. The van der Waals surface area contributed by atoms with E-state index in [1.54, 1.807) is 27.9 Å². The van der Waals surface area contributed by atoms with Gasteiger partial charge in [-0.15, -0.1) is 0 Å². The molecule has 0 bridgehead atoms. The van der Waals surface area contributed by atoms with Crippen molar-refractivity contribution in [3.63, 3.8) is 0 Å². The Morgan fingerprint density at radius 3 is 2.43 bits per heavy atom. The molecule has 28 heavy (non-hydrogen) atoms. The first-order chi connectivity index (χ1) is 13.0. The van der Waals surface area contributed by atoms with Crippen LogP contribution in [0.4, 0.5) is 4.79 Å². The molecule has 0 fully saturated rings. The van der Waals surface area contributed by atoms with Crippen LogP contribution in [0.2, 0.25) is 0 Å². The van der Waals surface area contributed by atoms with E-state index in [0.29, 0.717) is 18.1 Å². The van der Waals surface area contributed by atoms with Gasteiger partial charge < -0.3 is 24.6 Å². The maximum absolute atomic E-state index is 12.0. The van der Waals surface area contributed by atoms with E-state index in [4.69, 9.17) is 14.2 Å². The molecule has 1 aromatic carbocycles. The van der Waals surface area contributed by atoms with Crippen LogP contribution in [0.15, 0.2) is 6.07 Å². The normalized spacial score (nSPS) is 12.2.